The van der Waals surface area contributed by atoms with Gasteiger partial charge in [0.2, 0.25) is 0 Å². The number of hydrogen-bond donors (Lipinski definition) is 3. The molecule has 0 aromatic carbocycles. The second-order valence-corrected chi connectivity index (χ2v) is 4.85. The van der Waals surface area contributed by atoms with E-state index in [2.05, 4.69) is 10.3 Å². The van der Waals surface area contributed by atoms with E-state index >= 15 is 0 Å². The van der Waals surface area contributed by atoms with Crippen LogP contribution < -0.4 is 11.3 Å². The van der Waals surface area contributed by atoms with Crippen LogP contribution >= 0.6 is 0 Å². The van der Waals surface area contributed by atoms with Crippen molar-refractivity contribution >= 4 is 5.91 Å². The molecular weight excluding hydrogens is 262 g/mol. The Balaban J connectivity index is 1.77. The monoisotopic (exact) mass is 283 g/mol. The maximum absolute atomic E-state index is 11.3. The first-order valence-corrected chi connectivity index (χ1v) is 6.76. The summed E-state index contributed by atoms with van der Waals surface area (Å²) in [7, 11) is 0. The van der Waals surface area contributed by atoms with E-state index in [9.17, 15) is 4.79 Å². The number of carbonyl (C=O) groups is 1. The third-order valence-corrected chi connectivity index (χ3v) is 3.41. The summed E-state index contributed by atoms with van der Waals surface area (Å²) in [5, 5.41) is 8.72. The molecule has 2 heterocycles. The highest BCUT2D eigenvalue weighted by molar-refractivity contribution is 5.93. The van der Waals surface area contributed by atoms with Crippen molar-refractivity contribution in [2.24, 2.45) is 5.84 Å². The quantitative estimate of drug-likeness (QED) is 0.381. The molecule has 4 N–H and O–H groups in total. The van der Waals surface area contributed by atoms with Gasteiger partial charge in [-0.3, -0.25) is 15.1 Å². The lowest BCUT2D eigenvalue weighted by molar-refractivity contribution is -0.00991. The number of aliphatic hydroxyl groups excluding tert-OH is 1. The first kappa shape index (κ1) is 15.0. The number of piperidine rings is 1. The van der Waals surface area contributed by atoms with Crippen molar-refractivity contribution in [3.05, 3.63) is 23.7 Å². The molecule has 2 rings (SSSR count). The van der Waals surface area contributed by atoms with Crippen molar-refractivity contribution in [2.75, 3.05) is 26.3 Å². The molecule has 0 spiro atoms. The van der Waals surface area contributed by atoms with E-state index in [1.807, 2.05) is 0 Å². The van der Waals surface area contributed by atoms with Crippen molar-refractivity contribution in [3.63, 3.8) is 0 Å². The standard InChI is InChI=1S/C13H21N3O4/c14-15-13(18)10-7-12(20-9-10)8-16-3-1-11(2-4-16)19-6-5-17/h7,9,11,17H,1-6,8,14H2,(H,15,18). The molecule has 1 fully saturated rings. The Morgan fingerprint density at radius 3 is 2.95 bits per heavy atom. The van der Waals surface area contributed by atoms with Gasteiger partial charge in [-0.1, -0.05) is 0 Å². The minimum Gasteiger partial charge on any atom is -0.467 e. The average Bonchev–Trinajstić information content (AvgIpc) is 2.94. The maximum atomic E-state index is 11.3. The van der Waals surface area contributed by atoms with E-state index in [1.54, 1.807) is 6.07 Å². The maximum Gasteiger partial charge on any atom is 0.268 e. The minimum absolute atomic E-state index is 0.0680. The lowest BCUT2D eigenvalue weighted by Gasteiger charge is -2.31. The number of furan rings is 1. The zero-order chi connectivity index (χ0) is 14.4. The summed E-state index contributed by atoms with van der Waals surface area (Å²) in [6.45, 7) is 2.97. The second kappa shape index (κ2) is 7.39. The van der Waals surface area contributed by atoms with Gasteiger partial charge in [0.15, 0.2) is 0 Å². The molecule has 112 valence electrons. The van der Waals surface area contributed by atoms with Gasteiger partial charge in [0.05, 0.1) is 31.4 Å². The van der Waals surface area contributed by atoms with Crippen molar-refractivity contribution in [3.8, 4) is 0 Å². The van der Waals surface area contributed by atoms with Gasteiger partial charge >= 0.3 is 0 Å². The second-order valence-electron chi connectivity index (χ2n) is 4.85. The Morgan fingerprint density at radius 2 is 2.30 bits per heavy atom. The number of nitrogens with zero attached hydrogens (tertiary/aromatic N) is 1. The van der Waals surface area contributed by atoms with E-state index in [0.717, 1.165) is 31.7 Å². The summed E-state index contributed by atoms with van der Waals surface area (Å²) in [6, 6.07) is 1.70. The van der Waals surface area contributed by atoms with E-state index in [4.69, 9.17) is 20.1 Å². The zero-order valence-corrected chi connectivity index (χ0v) is 11.4. The van der Waals surface area contributed by atoms with Gasteiger partial charge in [0.1, 0.15) is 12.0 Å². The highest BCUT2D eigenvalue weighted by atomic mass is 16.5. The van der Waals surface area contributed by atoms with Gasteiger partial charge < -0.3 is 14.3 Å². The van der Waals surface area contributed by atoms with Crippen LogP contribution in [0.1, 0.15) is 29.0 Å². The van der Waals surface area contributed by atoms with Crippen molar-refractivity contribution in [1.82, 2.24) is 10.3 Å². The molecule has 1 amide bonds. The van der Waals surface area contributed by atoms with E-state index < -0.39 is 0 Å². The summed E-state index contributed by atoms with van der Waals surface area (Å²) in [4.78, 5) is 13.6. The zero-order valence-electron chi connectivity index (χ0n) is 11.4. The fourth-order valence-electron chi connectivity index (χ4n) is 2.34. The van der Waals surface area contributed by atoms with Gasteiger partial charge in [-0.05, 0) is 18.9 Å². The predicted molar refractivity (Wildman–Crippen MR) is 71.7 cm³/mol. The smallest absolute Gasteiger partial charge is 0.268 e. The lowest BCUT2D eigenvalue weighted by atomic mass is 10.1. The normalized spacial score (nSPS) is 17.3. The fourth-order valence-corrected chi connectivity index (χ4v) is 2.34. The lowest BCUT2D eigenvalue weighted by Crippen LogP contribution is -2.36. The summed E-state index contributed by atoms with van der Waals surface area (Å²) in [5.74, 6) is 5.47. The number of rotatable bonds is 6. The van der Waals surface area contributed by atoms with Crippen LogP contribution in [0.25, 0.3) is 0 Å². The molecule has 1 aliphatic rings. The largest absolute Gasteiger partial charge is 0.467 e. The highest BCUT2D eigenvalue weighted by Gasteiger charge is 2.20. The van der Waals surface area contributed by atoms with Crippen molar-refractivity contribution < 1.29 is 19.1 Å². The number of nitrogen functional groups attached to an aromatic ring is 1. The molecule has 20 heavy (non-hydrogen) atoms. The first-order chi connectivity index (χ1) is 9.72. The molecule has 0 unspecified atom stereocenters. The SMILES string of the molecule is NNC(=O)c1coc(CN2CCC(OCCO)CC2)c1. The molecule has 1 aliphatic heterocycles. The van der Waals surface area contributed by atoms with Crippen molar-refractivity contribution in [2.45, 2.75) is 25.5 Å². The molecule has 1 saturated heterocycles. The molecule has 0 radical (unpaired) electrons. The Bertz CT molecular complexity index is 427. The van der Waals surface area contributed by atoms with Gasteiger partial charge in [0, 0.05) is 13.1 Å². The number of hydrogen-bond acceptors (Lipinski definition) is 6. The molecule has 1 aromatic heterocycles. The van der Waals surface area contributed by atoms with Crippen LogP contribution in [0.15, 0.2) is 16.7 Å². The van der Waals surface area contributed by atoms with Gasteiger partial charge in [-0.25, -0.2) is 5.84 Å². The Labute approximate surface area is 117 Å². The molecule has 0 bridgehead atoms. The number of nitrogens with two attached hydrogens (primary N) is 1. The number of likely N-dealkylation sites (tertiary alicyclic amines) is 1. The third-order valence-electron chi connectivity index (χ3n) is 3.41. The number of hydrazine groups is 1. The van der Waals surface area contributed by atoms with Crippen LogP contribution in [-0.2, 0) is 11.3 Å². The number of nitrogens with one attached hydrogen (secondary N) is 1. The fraction of sp³-hybridized carbons (Fsp3) is 0.615. The third kappa shape index (κ3) is 4.04. The van der Waals surface area contributed by atoms with Crippen LogP contribution in [0, 0.1) is 0 Å². The summed E-state index contributed by atoms with van der Waals surface area (Å²) in [6.07, 6.45) is 3.52. The van der Waals surface area contributed by atoms with E-state index in [0.29, 0.717) is 18.7 Å². The molecule has 7 nitrogen and oxygen atoms in total. The molecular formula is C13H21N3O4. The molecule has 0 aliphatic carbocycles. The Morgan fingerprint density at radius 1 is 1.55 bits per heavy atom. The average molecular weight is 283 g/mol. The van der Waals surface area contributed by atoms with Crippen LogP contribution in [0.3, 0.4) is 0 Å². The van der Waals surface area contributed by atoms with E-state index in [-0.39, 0.29) is 18.6 Å². The molecule has 0 atom stereocenters. The number of ether oxygens (including phenoxy) is 1. The first-order valence-electron chi connectivity index (χ1n) is 6.76. The number of amides is 1. The van der Waals surface area contributed by atoms with Crippen LogP contribution in [-0.4, -0.2) is 48.3 Å². The summed E-state index contributed by atoms with van der Waals surface area (Å²) >= 11 is 0. The van der Waals surface area contributed by atoms with Crippen LogP contribution in [0.5, 0.6) is 0 Å². The van der Waals surface area contributed by atoms with Crippen LogP contribution in [0.4, 0.5) is 0 Å². The summed E-state index contributed by atoms with van der Waals surface area (Å²) in [5.41, 5.74) is 2.51. The van der Waals surface area contributed by atoms with Crippen molar-refractivity contribution in [1.29, 1.82) is 0 Å². The van der Waals surface area contributed by atoms with E-state index in [1.165, 1.54) is 6.26 Å². The molecule has 7 heteroatoms. The topological polar surface area (TPSA) is 101 Å². The Kier molecular flexibility index (Phi) is 5.54. The summed E-state index contributed by atoms with van der Waals surface area (Å²) < 4.78 is 10.9. The predicted octanol–water partition coefficient (Wildman–Crippen LogP) is -0.144. The highest BCUT2D eigenvalue weighted by Crippen LogP contribution is 2.17. The van der Waals surface area contributed by atoms with Gasteiger partial charge in [-0.15, -0.1) is 0 Å². The van der Waals surface area contributed by atoms with Gasteiger partial charge in [0.25, 0.3) is 5.91 Å². The number of aliphatic hydroxyl groups is 1. The van der Waals surface area contributed by atoms with Gasteiger partial charge in [-0.2, -0.15) is 0 Å². The molecule has 0 saturated carbocycles. The number of carbonyl (C=O) groups excluding carboxylic acids is 1. The molecule has 1 aromatic rings. The minimum atomic E-state index is -0.351. The van der Waals surface area contributed by atoms with Crippen LogP contribution in [0.2, 0.25) is 0 Å². The Hall–Kier alpha value is -1.41.